The van der Waals surface area contributed by atoms with E-state index in [0.717, 1.165) is 62.5 Å². The minimum absolute atomic E-state index is 0.0888. The number of benzene rings is 2. The molecule has 1 N–H and O–H groups in total. The number of anilines is 1. The lowest BCUT2D eigenvalue weighted by atomic mass is 9.94. The highest BCUT2D eigenvalue weighted by atomic mass is 35.5. The van der Waals surface area contributed by atoms with Crippen molar-refractivity contribution < 1.29 is 9.53 Å². The Morgan fingerprint density at radius 3 is 2.54 bits per heavy atom. The van der Waals surface area contributed by atoms with Gasteiger partial charge >= 0.3 is 0 Å². The number of nitrogens with zero attached hydrogens (tertiary/aromatic N) is 1. The second-order valence-electron chi connectivity index (χ2n) is 7.88. The number of carbonyl (C=O) groups excluding carboxylic acids is 1. The van der Waals surface area contributed by atoms with Crippen LogP contribution in [0.2, 0.25) is 5.02 Å². The topological polar surface area (TPSA) is 41.6 Å². The van der Waals surface area contributed by atoms with Crippen molar-refractivity contribution in [3.05, 3.63) is 53.6 Å². The van der Waals surface area contributed by atoms with Crippen LogP contribution in [-0.2, 0) is 9.53 Å². The first-order valence-corrected chi connectivity index (χ1v) is 10.5. The van der Waals surface area contributed by atoms with Crippen molar-refractivity contribution in [2.24, 2.45) is 11.8 Å². The fourth-order valence-corrected chi connectivity index (χ4v) is 4.35. The molecular weight excluding hydrogens is 372 g/mol. The Morgan fingerprint density at radius 1 is 1.07 bits per heavy atom. The molecule has 0 radical (unpaired) electrons. The lowest BCUT2D eigenvalue weighted by Crippen LogP contribution is -2.40. The quantitative estimate of drug-likeness (QED) is 0.794. The Kier molecular flexibility index (Phi) is 6.30. The summed E-state index contributed by atoms with van der Waals surface area (Å²) in [7, 11) is 0. The maximum atomic E-state index is 12.7. The summed E-state index contributed by atoms with van der Waals surface area (Å²) in [6.07, 6.45) is 3.02. The van der Waals surface area contributed by atoms with Gasteiger partial charge in [-0.1, -0.05) is 35.9 Å². The maximum absolute atomic E-state index is 12.7. The molecule has 148 valence electrons. The van der Waals surface area contributed by atoms with E-state index in [2.05, 4.69) is 10.2 Å². The fourth-order valence-electron chi connectivity index (χ4n) is 4.16. The molecule has 4 rings (SSSR count). The van der Waals surface area contributed by atoms with Gasteiger partial charge in [0, 0.05) is 29.8 Å². The van der Waals surface area contributed by atoms with E-state index in [0.29, 0.717) is 10.9 Å². The van der Waals surface area contributed by atoms with E-state index in [1.165, 1.54) is 6.42 Å². The first kappa shape index (κ1) is 19.4. The third-order valence-electron chi connectivity index (χ3n) is 5.79. The van der Waals surface area contributed by atoms with Gasteiger partial charge < -0.3 is 15.0 Å². The molecule has 2 heterocycles. The van der Waals surface area contributed by atoms with Crippen LogP contribution in [0.1, 0.15) is 19.3 Å². The smallest absolute Gasteiger partial charge is 0.227 e. The summed E-state index contributed by atoms with van der Waals surface area (Å²) in [5.74, 6) is 0.887. The van der Waals surface area contributed by atoms with Crippen molar-refractivity contribution >= 4 is 23.2 Å². The average Bonchev–Trinajstić information content (AvgIpc) is 3.22. The third kappa shape index (κ3) is 4.93. The molecular formula is C23H27ClN2O2. The van der Waals surface area contributed by atoms with E-state index >= 15 is 0 Å². The zero-order valence-corrected chi connectivity index (χ0v) is 16.8. The lowest BCUT2D eigenvalue weighted by Gasteiger charge is -2.32. The van der Waals surface area contributed by atoms with E-state index in [1.807, 2.05) is 48.5 Å². The molecule has 2 aromatic rings. The van der Waals surface area contributed by atoms with E-state index < -0.39 is 0 Å². The highest BCUT2D eigenvalue weighted by Crippen LogP contribution is 2.26. The van der Waals surface area contributed by atoms with Crippen LogP contribution in [-0.4, -0.2) is 43.7 Å². The lowest BCUT2D eigenvalue weighted by molar-refractivity contribution is -0.121. The summed E-state index contributed by atoms with van der Waals surface area (Å²) in [5.41, 5.74) is 2.94. The molecule has 2 aliphatic rings. The molecule has 0 aliphatic carbocycles. The number of hydrogen-bond acceptors (Lipinski definition) is 3. The minimum Gasteiger partial charge on any atom is -0.381 e. The van der Waals surface area contributed by atoms with E-state index in [4.69, 9.17) is 16.3 Å². The SMILES string of the molecule is O=C(Nc1cccc(-c2cccc(Cl)c2)c1)C1CCN(C[C@@H]2CCOC2)CC1. The summed E-state index contributed by atoms with van der Waals surface area (Å²) >= 11 is 6.10. The van der Waals surface area contributed by atoms with Crippen molar-refractivity contribution in [3.63, 3.8) is 0 Å². The van der Waals surface area contributed by atoms with E-state index in [9.17, 15) is 4.79 Å². The second-order valence-corrected chi connectivity index (χ2v) is 8.32. The van der Waals surface area contributed by atoms with Gasteiger partial charge in [-0.3, -0.25) is 4.79 Å². The van der Waals surface area contributed by atoms with Crippen LogP contribution >= 0.6 is 11.6 Å². The molecule has 5 heteroatoms. The van der Waals surface area contributed by atoms with Crippen molar-refractivity contribution in [1.29, 1.82) is 0 Å². The number of hydrogen-bond donors (Lipinski definition) is 1. The molecule has 28 heavy (non-hydrogen) atoms. The van der Waals surface area contributed by atoms with Gasteiger partial charge in [0.05, 0.1) is 6.61 Å². The second kappa shape index (κ2) is 9.08. The molecule has 1 atom stereocenters. The largest absolute Gasteiger partial charge is 0.381 e. The molecule has 2 aliphatic heterocycles. The first-order valence-electron chi connectivity index (χ1n) is 10.1. The summed E-state index contributed by atoms with van der Waals surface area (Å²) in [6.45, 7) is 4.89. The zero-order valence-electron chi connectivity index (χ0n) is 16.1. The van der Waals surface area contributed by atoms with Crippen molar-refractivity contribution in [2.75, 3.05) is 38.2 Å². The summed E-state index contributed by atoms with van der Waals surface area (Å²) in [5, 5.41) is 3.82. The van der Waals surface area contributed by atoms with E-state index in [-0.39, 0.29) is 11.8 Å². The normalized spacial score (nSPS) is 21.0. The van der Waals surface area contributed by atoms with Crippen LogP contribution in [0.5, 0.6) is 0 Å². The Bertz CT molecular complexity index is 812. The number of nitrogens with one attached hydrogen (secondary N) is 1. The molecule has 0 unspecified atom stereocenters. The number of carbonyl (C=O) groups is 1. The maximum Gasteiger partial charge on any atom is 0.227 e. The van der Waals surface area contributed by atoms with Crippen LogP contribution in [0.25, 0.3) is 11.1 Å². The van der Waals surface area contributed by atoms with Gasteiger partial charge in [-0.05, 0) is 73.7 Å². The number of halogens is 1. The summed E-state index contributed by atoms with van der Waals surface area (Å²) in [4.78, 5) is 15.2. The van der Waals surface area contributed by atoms with Crippen LogP contribution in [0.3, 0.4) is 0 Å². The Balaban J connectivity index is 1.32. The van der Waals surface area contributed by atoms with Gasteiger partial charge in [-0.15, -0.1) is 0 Å². The molecule has 2 fully saturated rings. The van der Waals surface area contributed by atoms with Crippen LogP contribution in [0, 0.1) is 11.8 Å². The monoisotopic (exact) mass is 398 g/mol. The minimum atomic E-state index is 0.0888. The van der Waals surface area contributed by atoms with Crippen molar-refractivity contribution in [2.45, 2.75) is 19.3 Å². The molecule has 2 saturated heterocycles. The molecule has 4 nitrogen and oxygen atoms in total. The highest BCUT2D eigenvalue weighted by molar-refractivity contribution is 6.30. The molecule has 0 aromatic heterocycles. The molecule has 0 bridgehead atoms. The average molecular weight is 399 g/mol. The van der Waals surface area contributed by atoms with Crippen molar-refractivity contribution in [1.82, 2.24) is 4.90 Å². The van der Waals surface area contributed by atoms with Gasteiger partial charge in [-0.25, -0.2) is 0 Å². The molecule has 0 spiro atoms. The molecule has 2 aromatic carbocycles. The predicted molar refractivity (Wildman–Crippen MR) is 114 cm³/mol. The van der Waals surface area contributed by atoms with Gasteiger partial charge in [0.1, 0.15) is 0 Å². The Labute approximate surface area is 171 Å². The summed E-state index contributed by atoms with van der Waals surface area (Å²) < 4.78 is 5.47. The van der Waals surface area contributed by atoms with Crippen molar-refractivity contribution in [3.8, 4) is 11.1 Å². The van der Waals surface area contributed by atoms with Gasteiger partial charge in [0.15, 0.2) is 0 Å². The number of likely N-dealkylation sites (tertiary alicyclic amines) is 1. The number of ether oxygens (including phenoxy) is 1. The molecule has 1 amide bonds. The fraction of sp³-hybridized carbons (Fsp3) is 0.435. The first-order chi connectivity index (χ1) is 13.7. The summed E-state index contributed by atoms with van der Waals surface area (Å²) in [6, 6.07) is 15.7. The number of rotatable bonds is 5. The third-order valence-corrected chi connectivity index (χ3v) is 6.02. The predicted octanol–water partition coefficient (Wildman–Crippen LogP) is 4.69. The van der Waals surface area contributed by atoms with E-state index in [1.54, 1.807) is 0 Å². The standard InChI is InChI=1S/C23H27ClN2O2/c24-21-5-1-3-19(13-21)20-4-2-6-22(14-20)25-23(27)18-7-10-26(11-8-18)15-17-9-12-28-16-17/h1-6,13-14,17-18H,7-12,15-16H2,(H,25,27)/t17-/m0/s1. The Hall–Kier alpha value is -1.88. The molecule has 0 saturated carbocycles. The number of amides is 1. The number of piperidine rings is 1. The van der Waals surface area contributed by atoms with Crippen LogP contribution in [0.4, 0.5) is 5.69 Å². The van der Waals surface area contributed by atoms with Crippen LogP contribution in [0.15, 0.2) is 48.5 Å². The highest BCUT2D eigenvalue weighted by Gasteiger charge is 2.27. The van der Waals surface area contributed by atoms with Crippen LogP contribution < -0.4 is 5.32 Å². The van der Waals surface area contributed by atoms with Gasteiger partial charge in [-0.2, -0.15) is 0 Å². The van der Waals surface area contributed by atoms with Gasteiger partial charge in [0.25, 0.3) is 0 Å². The zero-order chi connectivity index (χ0) is 19.3. The van der Waals surface area contributed by atoms with Gasteiger partial charge in [0.2, 0.25) is 5.91 Å². The Morgan fingerprint density at radius 2 is 1.82 bits per heavy atom.